The summed E-state index contributed by atoms with van der Waals surface area (Å²) in [6.07, 6.45) is 7.58. The molecule has 0 bridgehead atoms. The number of ketones is 1. The SMILES string of the molecule is CNC(=O)[C@@]12CC[C@]3(C)[C@H](CC[C@@H]4[C@@]5(C)CC[C@H](OC(=O)CC(C)(C)C(=O)O)C(C)(C)[C@@H]5CC[C@]43C)C1=C(C(C)C)C(=O)C2. The number of aliphatic carboxylic acids is 1. The summed E-state index contributed by atoms with van der Waals surface area (Å²) in [6.45, 7) is 19.4. The topological polar surface area (TPSA) is 110 Å². The highest BCUT2D eigenvalue weighted by Crippen LogP contribution is 2.76. The first kappa shape index (κ1) is 33.2. The summed E-state index contributed by atoms with van der Waals surface area (Å²) in [6, 6.07) is 0. The van der Waals surface area contributed by atoms with Crippen molar-refractivity contribution in [1.29, 1.82) is 0 Å². The van der Waals surface area contributed by atoms with Gasteiger partial charge in [-0.15, -0.1) is 0 Å². The van der Waals surface area contributed by atoms with Gasteiger partial charge in [0.05, 0.1) is 17.3 Å². The van der Waals surface area contributed by atoms with E-state index in [1.54, 1.807) is 20.9 Å². The number of carbonyl (C=O) groups is 4. The minimum absolute atomic E-state index is 0.0165. The van der Waals surface area contributed by atoms with Crippen molar-refractivity contribution in [2.45, 2.75) is 133 Å². The van der Waals surface area contributed by atoms with Crippen molar-refractivity contribution in [3.8, 4) is 0 Å². The zero-order valence-corrected chi connectivity index (χ0v) is 28.9. The maximum atomic E-state index is 13.6. The molecule has 2 N–H and O–H groups in total. The van der Waals surface area contributed by atoms with E-state index in [9.17, 15) is 24.3 Å². The van der Waals surface area contributed by atoms with Crippen LogP contribution in [0.15, 0.2) is 11.1 Å². The van der Waals surface area contributed by atoms with E-state index in [4.69, 9.17) is 4.74 Å². The Kier molecular flexibility index (Phi) is 7.86. The fourth-order valence-corrected chi connectivity index (χ4v) is 12.0. The second-order valence-electron chi connectivity index (χ2n) is 17.6. The number of hydrogen-bond acceptors (Lipinski definition) is 5. The van der Waals surface area contributed by atoms with Crippen LogP contribution in [0.3, 0.4) is 0 Å². The molecule has 1 amide bonds. The molecule has 4 fully saturated rings. The van der Waals surface area contributed by atoms with Gasteiger partial charge in [-0.1, -0.05) is 48.5 Å². The lowest BCUT2D eigenvalue weighted by Gasteiger charge is -2.72. The zero-order valence-electron chi connectivity index (χ0n) is 28.9. The molecule has 0 aliphatic heterocycles. The first-order valence-corrected chi connectivity index (χ1v) is 17.2. The summed E-state index contributed by atoms with van der Waals surface area (Å²) in [5.41, 5.74) is 0.136. The van der Waals surface area contributed by atoms with Crippen molar-refractivity contribution in [1.82, 2.24) is 5.32 Å². The molecule has 5 aliphatic carbocycles. The second kappa shape index (κ2) is 10.4. The molecule has 0 aromatic rings. The van der Waals surface area contributed by atoms with Crippen LogP contribution in [0.4, 0.5) is 0 Å². The molecule has 4 saturated carbocycles. The van der Waals surface area contributed by atoms with Crippen LogP contribution in [0.2, 0.25) is 0 Å². The Bertz CT molecular complexity index is 1290. The number of Topliss-reactive ketones (excluding diaryl/α,β-unsaturated/α-hetero) is 1. The number of fused-ring (bicyclic) bond motifs is 7. The molecule has 0 spiro atoms. The van der Waals surface area contributed by atoms with Gasteiger partial charge in [-0.3, -0.25) is 19.2 Å². The summed E-state index contributed by atoms with van der Waals surface area (Å²) in [5.74, 6) is -0.0327. The van der Waals surface area contributed by atoms with Gasteiger partial charge in [-0.05, 0) is 116 Å². The highest BCUT2D eigenvalue weighted by molar-refractivity contribution is 6.06. The molecular weight excluding hydrogens is 554 g/mol. The van der Waals surface area contributed by atoms with Gasteiger partial charge in [0.1, 0.15) is 6.10 Å². The molecule has 7 heteroatoms. The van der Waals surface area contributed by atoms with Crippen molar-refractivity contribution in [3.05, 3.63) is 11.1 Å². The molecule has 0 radical (unpaired) electrons. The van der Waals surface area contributed by atoms with Crippen LogP contribution in [0.25, 0.3) is 0 Å². The normalized spacial score (nSPS) is 41.3. The molecule has 0 heterocycles. The van der Waals surface area contributed by atoms with Crippen molar-refractivity contribution in [2.75, 3.05) is 7.05 Å². The predicted molar refractivity (Wildman–Crippen MR) is 169 cm³/mol. The number of rotatable bonds is 6. The average Bonchev–Trinajstić information content (AvgIpc) is 3.23. The Morgan fingerprint density at radius 2 is 1.59 bits per heavy atom. The Balaban J connectivity index is 1.46. The average molecular weight is 612 g/mol. The summed E-state index contributed by atoms with van der Waals surface area (Å²) < 4.78 is 6.11. The lowest BCUT2D eigenvalue weighted by Crippen LogP contribution is -2.66. The van der Waals surface area contributed by atoms with E-state index < -0.39 is 22.8 Å². The Morgan fingerprint density at radius 1 is 0.932 bits per heavy atom. The highest BCUT2D eigenvalue weighted by Gasteiger charge is 2.71. The highest BCUT2D eigenvalue weighted by atomic mass is 16.5. The lowest BCUT2D eigenvalue weighted by molar-refractivity contribution is -0.233. The number of allylic oxidation sites excluding steroid dienone is 1. The molecule has 0 unspecified atom stereocenters. The first-order valence-electron chi connectivity index (χ1n) is 17.2. The Morgan fingerprint density at radius 3 is 2.18 bits per heavy atom. The van der Waals surface area contributed by atoms with Gasteiger partial charge in [0.25, 0.3) is 0 Å². The molecule has 5 aliphatic rings. The number of nitrogens with one attached hydrogen (secondary N) is 1. The number of esters is 1. The number of carboxylic acid groups (broad SMARTS) is 1. The number of ether oxygens (including phenoxy) is 1. The monoisotopic (exact) mass is 611 g/mol. The second-order valence-corrected chi connectivity index (χ2v) is 17.6. The van der Waals surface area contributed by atoms with Crippen LogP contribution in [0.5, 0.6) is 0 Å². The molecule has 0 aromatic carbocycles. The van der Waals surface area contributed by atoms with Crippen LogP contribution in [0, 0.1) is 56.2 Å². The fraction of sp³-hybridized carbons (Fsp3) is 0.838. The summed E-state index contributed by atoms with van der Waals surface area (Å²) in [5, 5.41) is 12.5. The number of carboxylic acids is 1. The molecule has 44 heavy (non-hydrogen) atoms. The summed E-state index contributed by atoms with van der Waals surface area (Å²) in [4.78, 5) is 51.8. The van der Waals surface area contributed by atoms with E-state index in [0.29, 0.717) is 18.3 Å². The third kappa shape index (κ3) is 4.40. The minimum Gasteiger partial charge on any atom is -0.481 e. The third-order valence-corrected chi connectivity index (χ3v) is 14.5. The first-order chi connectivity index (χ1) is 20.2. The smallest absolute Gasteiger partial charge is 0.309 e. The number of hydrogen-bond donors (Lipinski definition) is 2. The van der Waals surface area contributed by atoms with Gasteiger partial charge in [0, 0.05) is 18.9 Å². The quantitative estimate of drug-likeness (QED) is 0.309. The van der Waals surface area contributed by atoms with Crippen molar-refractivity contribution >= 4 is 23.6 Å². The maximum absolute atomic E-state index is 13.6. The Hall–Kier alpha value is -2.18. The van der Waals surface area contributed by atoms with E-state index in [1.807, 2.05) is 0 Å². The van der Waals surface area contributed by atoms with Crippen LogP contribution < -0.4 is 5.32 Å². The fourth-order valence-electron chi connectivity index (χ4n) is 12.0. The van der Waals surface area contributed by atoms with Crippen LogP contribution in [0.1, 0.15) is 127 Å². The summed E-state index contributed by atoms with van der Waals surface area (Å²) >= 11 is 0. The molecule has 246 valence electrons. The summed E-state index contributed by atoms with van der Waals surface area (Å²) in [7, 11) is 1.71. The van der Waals surface area contributed by atoms with E-state index >= 15 is 0 Å². The molecule has 7 nitrogen and oxygen atoms in total. The minimum atomic E-state index is -1.16. The Labute approximate surface area is 264 Å². The lowest BCUT2D eigenvalue weighted by atomic mass is 9.33. The van der Waals surface area contributed by atoms with E-state index in [-0.39, 0.29) is 57.7 Å². The van der Waals surface area contributed by atoms with Gasteiger partial charge in [-0.25, -0.2) is 0 Å². The maximum Gasteiger partial charge on any atom is 0.309 e. The number of amides is 1. The zero-order chi connectivity index (χ0) is 32.8. The van der Waals surface area contributed by atoms with Gasteiger partial charge in [0.2, 0.25) is 5.91 Å². The predicted octanol–water partition coefficient (Wildman–Crippen LogP) is 7.13. The van der Waals surface area contributed by atoms with Crippen LogP contribution >= 0.6 is 0 Å². The van der Waals surface area contributed by atoms with E-state index in [1.165, 1.54) is 5.57 Å². The van der Waals surface area contributed by atoms with E-state index in [2.05, 4.69) is 53.8 Å². The molecule has 0 aromatic heterocycles. The van der Waals surface area contributed by atoms with Crippen molar-refractivity contribution in [3.63, 3.8) is 0 Å². The molecule has 0 saturated heterocycles. The van der Waals surface area contributed by atoms with Crippen LogP contribution in [-0.4, -0.2) is 41.9 Å². The van der Waals surface area contributed by atoms with Gasteiger partial charge < -0.3 is 15.2 Å². The number of carbonyl (C=O) groups excluding carboxylic acids is 3. The molecule has 8 atom stereocenters. The molecular formula is C37H57NO6. The van der Waals surface area contributed by atoms with E-state index in [0.717, 1.165) is 56.9 Å². The van der Waals surface area contributed by atoms with Crippen LogP contribution in [-0.2, 0) is 23.9 Å². The van der Waals surface area contributed by atoms with Gasteiger partial charge in [0.15, 0.2) is 5.78 Å². The van der Waals surface area contributed by atoms with Crippen molar-refractivity contribution < 1.29 is 29.0 Å². The van der Waals surface area contributed by atoms with Gasteiger partial charge >= 0.3 is 11.9 Å². The largest absolute Gasteiger partial charge is 0.481 e. The van der Waals surface area contributed by atoms with Crippen molar-refractivity contribution in [2.24, 2.45) is 56.2 Å². The molecule has 5 rings (SSSR count). The third-order valence-electron chi connectivity index (χ3n) is 14.5. The van der Waals surface area contributed by atoms with Gasteiger partial charge in [-0.2, -0.15) is 0 Å². The standard InChI is InChI=1S/C37H57NO6/c1-21(2)28-23(39)19-37(30(41)38-10)18-17-35(8)22(29(28)37)11-12-25-34(7)15-14-26(44-27(40)20-32(3,4)31(42)43)33(5,6)24(34)13-16-36(25,35)9/h21-22,24-26H,11-20H2,1-10H3,(H,38,41)(H,42,43)/t22-,24+,25-,26+,34+,35-,36-,37-/m1/s1.